The van der Waals surface area contributed by atoms with Gasteiger partial charge in [-0.3, -0.25) is 9.78 Å². The Kier molecular flexibility index (Phi) is 6.81. The van der Waals surface area contributed by atoms with E-state index < -0.39 is 17.6 Å². The number of alkyl halides is 2. The van der Waals surface area contributed by atoms with Crippen LogP contribution >= 0.6 is 0 Å². The number of hydrogen-bond acceptors (Lipinski definition) is 5. The first kappa shape index (κ1) is 24.3. The second-order valence-electron chi connectivity index (χ2n) is 8.62. The van der Waals surface area contributed by atoms with Crippen LogP contribution in [0.5, 0.6) is 5.75 Å². The van der Waals surface area contributed by atoms with Crippen LogP contribution in [0.1, 0.15) is 47.6 Å². The largest absolute Gasteiger partial charge is 0.495 e. The lowest BCUT2D eigenvalue weighted by Gasteiger charge is -2.28. The van der Waals surface area contributed by atoms with Crippen molar-refractivity contribution in [3.8, 4) is 16.9 Å². The molecule has 0 radical (unpaired) electrons. The Bertz CT molecular complexity index is 1250. The predicted molar refractivity (Wildman–Crippen MR) is 126 cm³/mol. The van der Waals surface area contributed by atoms with Crippen molar-refractivity contribution in [1.29, 1.82) is 0 Å². The molecule has 10 heteroatoms. The number of nitrogen functional groups attached to an aromatic ring is 1. The van der Waals surface area contributed by atoms with E-state index >= 15 is 0 Å². The molecule has 184 valence electrons. The number of hydrogen-bond donors (Lipinski definition) is 2. The van der Waals surface area contributed by atoms with Gasteiger partial charge in [0.25, 0.3) is 5.91 Å². The summed E-state index contributed by atoms with van der Waals surface area (Å²) in [4.78, 5) is 17.0. The minimum atomic E-state index is -2.67. The van der Waals surface area contributed by atoms with E-state index in [9.17, 15) is 18.0 Å². The molecule has 1 amide bonds. The molecule has 0 spiro atoms. The van der Waals surface area contributed by atoms with Crippen molar-refractivity contribution in [3.05, 3.63) is 72.1 Å². The third-order valence-electron chi connectivity index (χ3n) is 6.14. The Labute approximate surface area is 200 Å². The summed E-state index contributed by atoms with van der Waals surface area (Å²) in [5, 5.41) is 6.89. The summed E-state index contributed by atoms with van der Waals surface area (Å²) in [7, 11) is 1.52. The first-order chi connectivity index (χ1) is 16.7. The minimum absolute atomic E-state index is 0.121. The van der Waals surface area contributed by atoms with Crippen LogP contribution in [0.3, 0.4) is 0 Å². The predicted octanol–water partition coefficient (Wildman–Crippen LogP) is 4.91. The molecular formula is C25H26F3N5O2. The number of aromatic nitrogens is 3. The van der Waals surface area contributed by atoms with E-state index in [2.05, 4.69) is 22.0 Å². The average molecular weight is 486 g/mol. The van der Waals surface area contributed by atoms with Gasteiger partial charge in [-0.2, -0.15) is 5.10 Å². The number of nitrogens with zero attached hydrogens (tertiary/aromatic N) is 3. The number of amides is 1. The number of carbonyl (C=O) groups is 1. The summed E-state index contributed by atoms with van der Waals surface area (Å²) in [5.74, 6) is -2.95. The summed E-state index contributed by atoms with van der Waals surface area (Å²) in [5.41, 5.74) is 8.61. The highest BCUT2D eigenvalue weighted by molar-refractivity contribution is 5.99. The van der Waals surface area contributed by atoms with Crippen molar-refractivity contribution in [2.24, 2.45) is 0 Å². The maximum Gasteiger partial charge on any atom is 0.260 e. The van der Waals surface area contributed by atoms with Gasteiger partial charge in [0.1, 0.15) is 22.9 Å². The number of halogens is 3. The highest BCUT2D eigenvalue weighted by atomic mass is 19.3. The number of nitrogens with two attached hydrogens (primary N) is 1. The van der Waals surface area contributed by atoms with Gasteiger partial charge in [-0.25, -0.2) is 17.9 Å². The number of methoxy groups -OCH3 is 1. The number of ether oxygens (including phenoxy) is 1. The topological polar surface area (TPSA) is 95.1 Å². The molecule has 0 unspecified atom stereocenters. The fourth-order valence-electron chi connectivity index (χ4n) is 4.26. The number of rotatable bonds is 7. The molecule has 1 fully saturated rings. The lowest BCUT2D eigenvalue weighted by molar-refractivity contribution is -0.0448. The van der Waals surface area contributed by atoms with Gasteiger partial charge in [-0.15, -0.1) is 0 Å². The maximum absolute atomic E-state index is 14.0. The zero-order chi connectivity index (χ0) is 25.2. The van der Waals surface area contributed by atoms with E-state index in [1.54, 1.807) is 24.5 Å². The molecule has 3 aromatic rings. The average Bonchev–Trinajstić information content (AvgIpc) is 3.21. The van der Waals surface area contributed by atoms with Crippen molar-refractivity contribution < 1.29 is 22.7 Å². The molecule has 4 rings (SSSR count). The van der Waals surface area contributed by atoms with Crippen molar-refractivity contribution in [2.45, 2.75) is 44.1 Å². The SMILES string of the molecule is C=C(Cc1ccc(F)cc1-c1cncc(OC)c1)NC(=O)c1cnn(C2CCC(F)(F)CC2)c1N. The molecule has 1 saturated carbocycles. The number of pyridine rings is 1. The summed E-state index contributed by atoms with van der Waals surface area (Å²) in [6, 6.07) is 5.79. The Balaban J connectivity index is 1.47. The molecule has 0 saturated heterocycles. The lowest BCUT2D eigenvalue weighted by atomic mass is 9.92. The van der Waals surface area contributed by atoms with Gasteiger partial charge in [-0.1, -0.05) is 12.6 Å². The fourth-order valence-corrected chi connectivity index (χ4v) is 4.26. The zero-order valence-corrected chi connectivity index (χ0v) is 19.2. The first-order valence-electron chi connectivity index (χ1n) is 11.1. The summed E-state index contributed by atoms with van der Waals surface area (Å²) >= 11 is 0. The lowest BCUT2D eigenvalue weighted by Crippen LogP contribution is -2.28. The molecule has 1 aromatic carbocycles. The van der Waals surface area contributed by atoms with Crippen molar-refractivity contribution in [2.75, 3.05) is 12.8 Å². The molecule has 2 heterocycles. The van der Waals surface area contributed by atoms with Crippen LogP contribution < -0.4 is 15.8 Å². The molecule has 35 heavy (non-hydrogen) atoms. The standard InChI is InChI=1S/C25H26F3N5O2/c1-15(9-16-3-4-18(26)11-21(16)17-10-20(35-2)13-30-12-17)32-24(34)22-14-31-33(23(22)29)19-5-7-25(27,28)8-6-19/h3-4,10-14,19H,1,5-9,29H2,2H3,(H,32,34). The molecule has 7 nitrogen and oxygen atoms in total. The van der Waals surface area contributed by atoms with Gasteiger partial charge in [-0.05, 0) is 42.2 Å². The van der Waals surface area contributed by atoms with Crippen molar-refractivity contribution in [3.63, 3.8) is 0 Å². The van der Waals surface area contributed by atoms with E-state index in [0.717, 1.165) is 5.56 Å². The molecule has 0 aliphatic heterocycles. The zero-order valence-electron chi connectivity index (χ0n) is 19.2. The second kappa shape index (κ2) is 9.81. The van der Waals surface area contributed by atoms with Gasteiger partial charge >= 0.3 is 0 Å². The number of anilines is 1. The van der Waals surface area contributed by atoms with Crippen LogP contribution in [-0.2, 0) is 6.42 Å². The van der Waals surface area contributed by atoms with Crippen LogP contribution in [0, 0.1) is 5.82 Å². The van der Waals surface area contributed by atoms with Gasteiger partial charge in [0.2, 0.25) is 5.92 Å². The van der Waals surface area contributed by atoms with Crippen LogP contribution in [0.25, 0.3) is 11.1 Å². The second-order valence-corrected chi connectivity index (χ2v) is 8.62. The third-order valence-corrected chi connectivity index (χ3v) is 6.14. The van der Waals surface area contributed by atoms with Crippen molar-refractivity contribution >= 4 is 11.7 Å². The molecule has 1 aliphatic rings. The molecule has 0 bridgehead atoms. The Morgan fingerprint density at radius 1 is 1.26 bits per heavy atom. The maximum atomic E-state index is 14.0. The number of nitrogens with one attached hydrogen (secondary N) is 1. The van der Waals surface area contributed by atoms with Gasteiger partial charge in [0.05, 0.1) is 25.5 Å². The van der Waals surface area contributed by atoms with E-state index in [-0.39, 0.29) is 49.5 Å². The van der Waals surface area contributed by atoms with E-state index in [0.29, 0.717) is 22.6 Å². The van der Waals surface area contributed by atoms with Crippen LogP contribution in [0.15, 0.2) is 55.1 Å². The van der Waals surface area contributed by atoms with E-state index in [4.69, 9.17) is 10.5 Å². The fraction of sp³-hybridized carbons (Fsp3) is 0.320. The highest BCUT2D eigenvalue weighted by Gasteiger charge is 2.36. The van der Waals surface area contributed by atoms with Gasteiger partial charge in [0, 0.05) is 36.7 Å². The normalized spacial score (nSPS) is 15.5. The summed E-state index contributed by atoms with van der Waals surface area (Å²) in [6.07, 6.45) is 4.69. The molecule has 1 aliphatic carbocycles. The van der Waals surface area contributed by atoms with Gasteiger partial charge in [0.15, 0.2) is 0 Å². The van der Waals surface area contributed by atoms with Crippen LogP contribution in [0.2, 0.25) is 0 Å². The molecule has 3 N–H and O–H groups in total. The quantitative estimate of drug-likeness (QED) is 0.496. The Morgan fingerprint density at radius 3 is 2.71 bits per heavy atom. The van der Waals surface area contributed by atoms with Gasteiger partial charge < -0.3 is 15.8 Å². The monoisotopic (exact) mass is 485 g/mol. The minimum Gasteiger partial charge on any atom is -0.495 e. The van der Waals surface area contributed by atoms with Crippen molar-refractivity contribution in [1.82, 2.24) is 20.1 Å². The summed E-state index contributed by atoms with van der Waals surface area (Å²) in [6.45, 7) is 3.93. The van der Waals surface area contributed by atoms with E-state index in [1.807, 2.05) is 0 Å². The smallest absolute Gasteiger partial charge is 0.260 e. The highest BCUT2D eigenvalue weighted by Crippen LogP contribution is 2.39. The first-order valence-corrected chi connectivity index (χ1v) is 11.1. The van der Waals surface area contributed by atoms with E-state index in [1.165, 1.54) is 30.1 Å². The number of allylic oxidation sites excluding steroid dienone is 1. The number of benzene rings is 1. The number of carbonyl (C=O) groups excluding carboxylic acids is 1. The molecule has 2 aromatic heterocycles. The Morgan fingerprint density at radius 2 is 2.00 bits per heavy atom. The molecular weight excluding hydrogens is 459 g/mol. The van der Waals surface area contributed by atoms with Crippen LogP contribution in [0.4, 0.5) is 19.0 Å². The summed E-state index contributed by atoms with van der Waals surface area (Å²) < 4.78 is 47.6. The van der Waals surface area contributed by atoms with Crippen LogP contribution in [-0.4, -0.2) is 33.7 Å². The molecule has 0 atom stereocenters. The Hall–Kier alpha value is -3.82. The third kappa shape index (κ3) is 5.47.